The zero-order chi connectivity index (χ0) is 18.4. The number of nitrogens with zero attached hydrogens (tertiary/aromatic N) is 2. The molecule has 2 amide bonds. The number of aryl methyl sites for hydroxylation is 1. The highest BCUT2D eigenvalue weighted by Crippen LogP contribution is 2.16. The minimum Gasteiger partial charge on any atom is -0.339 e. The Morgan fingerprint density at radius 1 is 1.24 bits per heavy atom. The minimum absolute atomic E-state index is 0.00925. The van der Waals surface area contributed by atoms with Gasteiger partial charge in [0.05, 0.1) is 0 Å². The van der Waals surface area contributed by atoms with Crippen LogP contribution in [0.25, 0.3) is 0 Å². The van der Waals surface area contributed by atoms with Crippen molar-refractivity contribution < 1.29 is 9.59 Å². The Morgan fingerprint density at radius 2 is 2.00 bits per heavy atom. The van der Waals surface area contributed by atoms with Crippen molar-refractivity contribution in [2.45, 2.75) is 39.7 Å². The van der Waals surface area contributed by atoms with Crippen molar-refractivity contribution in [3.05, 3.63) is 59.4 Å². The van der Waals surface area contributed by atoms with Crippen LogP contribution in [0.2, 0.25) is 0 Å². The lowest BCUT2D eigenvalue weighted by atomic mass is 10.1. The number of nitrogens with one attached hydrogen (secondary N) is 1. The van der Waals surface area contributed by atoms with E-state index >= 15 is 0 Å². The number of rotatable bonds is 6. The van der Waals surface area contributed by atoms with E-state index in [1.807, 2.05) is 26.0 Å². The molecular formula is C20H25N3O2. The Balaban J connectivity index is 2.09. The largest absolute Gasteiger partial charge is 0.339 e. The highest BCUT2D eigenvalue weighted by Gasteiger charge is 2.19. The topological polar surface area (TPSA) is 62.3 Å². The molecule has 1 N–H and O–H groups in total. The third kappa shape index (κ3) is 4.89. The summed E-state index contributed by atoms with van der Waals surface area (Å²) in [5.74, 6) is -0.148. The van der Waals surface area contributed by atoms with Crippen LogP contribution in [0.5, 0.6) is 0 Å². The number of hydrogen-bond donors (Lipinski definition) is 1. The second kappa shape index (κ2) is 8.42. The quantitative estimate of drug-likeness (QED) is 0.877. The number of aromatic nitrogens is 1. The van der Waals surface area contributed by atoms with Crippen molar-refractivity contribution in [1.82, 2.24) is 9.88 Å². The molecule has 5 heteroatoms. The summed E-state index contributed by atoms with van der Waals surface area (Å²) >= 11 is 0. The third-order valence-electron chi connectivity index (χ3n) is 4.30. The van der Waals surface area contributed by atoms with Gasteiger partial charge in [-0.1, -0.05) is 19.1 Å². The zero-order valence-electron chi connectivity index (χ0n) is 15.2. The van der Waals surface area contributed by atoms with Gasteiger partial charge in [-0.3, -0.25) is 14.6 Å². The molecule has 132 valence electrons. The molecule has 2 aromatic rings. The zero-order valence-corrected chi connectivity index (χ0v) is 15.2. The number of amides is 2. The van der Waals surface area contributed by atoms with Gasteiger partial charge in [-0.25, -0.2) is 0 Å². The molecule has 0 saturated heterocycles. The maximum absolute atomic E-state index is 12.8. The maximum Gasteiger partial charge on any atom is 0.253 e. The van der Waals surface area contributed by atoms with E-state index in [1.54, 1.807) is 49.3 Å². The van der Waals surface area contributed by atoms with Crippen LogP contribution in [0.1, 0.15) is 41.9 Å². The predicted molar refractivity (Wildman–Crippen MR) is 99.6 cm³/mol. The molecule has 0 saturated carbocycles. The fourth-order valence-corrected chi connectivity index (χ4v) is 2.53. The van der Waals surface area contributed by atoms with Gasteiger partial charge in [-0.05, 0) is 43.7 Å². The van der Waals surface area contributed by atoms with Crippen LogP contribution in [0.15, 0.2) is 42.6 Å². The monoisotopic (exact) mass is 339 g/mol. The van der Waals surface area contributed by atoms with E-state index in [9.17, 15) is 9.59 Å². The van der Waals surface area contributed by atoms with Crippen LogP contribution >= 0.6 is 0 Å². The van der Waals surface area contributed by atoms with E-state index < -0.39 is 0 Å². The molecule has 0 aliphatic rings. The average molecular weight is 339 g/mol. The molecule has 0 spiro atoms. The Kier molecular flexibility index (Phi) is 6.28. The SMILES string of the molecule is CCC(=O)Nc1cccc(C(=O)N(C)C(C)Cc2ncccc2C)c1. The van der Waals surface area contributed by atoms with Crippen LogP contribution in [0.3, 0.4) is 0 Å². The van der Waals surface area contributed by atoms with Crippen molar-refractivity contribution >= 4 is 17.5 Å². The van der Waals surface area contributed by atoms with Crippen LogP contribution in [-0.4, -0.2) is 34.8 Å². The van der Waals surface area contributed by atoms with E-state index in [4.69, 9.17) is 0 Å². The Labute approximate surface area is 149 Å². The molecule has 0 radical (unpaired) electrons. The number of anilines is 1. The molecule has 5 nitrogen and oxygen atoms in total. The molecule has 2 rings (SSSR count). The summed E-state index contributed by atoms with van der Waals surface area (Å²) in [6, 6.07) is 11.0. The van der Waals surface area contributed by atoms with Gasteiger partial charge >= 0.3 is 0 Å². The molecule has 0 bridgehead atoms. The lowest BCUT2D eigenvalue weighted by Crippen LogP contribution is -2.36. The molecule has 0 fully saturated rings. The highest BCUT2D eigenvalue weighted by molar-refractivity contribution is 5.97. The second-order valence-electron chi connectivity index (χ2n) is 6.22. The molecule has 0 aliphatic carbocycles. The van der Waals surface area contributed by atoms with E-state index in [0.29, 0.717) is 24.1 Å². The molecule has 25 heavy (non-hydrogen) atoms. The number of carbonyl (C=O) groups excluding carboxylic acids is 2. The standard InChI is InChI=1S/C20H25N3O2/c1-5-19(24)22-17-10-6-9-16(13-17)20(25)23(4)15(3)12-18-14(2)8-7-11-21-18/h6-11,13,15H,5,12H2,1-4H3,(H,22,24). The van der Waals surface area contributed by atoms with Gasteiger partial charge in [0.1, 0.15) is 0 Å². The predicted octanol–water partition coefficient (Wildman–Crippen LogP) is 3.44. The van der Waals surface area contributed by atoms with E-state index in [1.165, 1.54) is 0 Å². The summed E-state index contributed by atoms with van der Waals surface area (Å²) in [5.41, 5.74) is 3.32. The number of likely N-dealkylation sites (N-methyl/N-ethyl adjacent to an activating group) is 1. The first-order chi connectivity index (χ1) is 11.9. The van der Waals surface area contributed by atoms with Crippen LogP contribution in [-0.2, 0) is 11.2 Å². The van der Waals surface area contributed by atoms with Gasteiger partial charge in [-0.2, -0.15) is 0 Å². The summed E-state index contributed by atoms with van der Waals surface area (Å²) in [6.45, 7) is 5.82. The van der Waals surface area contributed by atoms with Crippen LogP contribution in [0, 0.1) is 6.92 Å². The van der Waals surface area contributed by atoms with Gasteiger partial charge < -0.3 is 10.2 Å². The molecule has 1 atom stereocenters. The second-order valence-corrected chi connectivity index (χ2v) is 6.22. The lowest BCUT2D eigenvalue weighted by Gasteiger charge is -2.25. The lowest BCUT2D eigenvalue weighted by molar-refractivity contribution is -0.115. The van der Waals surface area contributed by atoms with Gasteiger partial charge in [-0.15, -0.1) is 0 Å². The minimum atomic E-state index is -0.0753. The van der Waals surface area contributed by atoms with Crippen molar-refractivity contribution in [3.63, 3.8) is 0 Å². The first kappa shape index (κ1) is 18.6. The van der Waals surface area contributed by atoms with E-state index in [0.717, 1.165) is 11.3 Å². The van der Waals surface area contributed by atoms with Gasteiger partial charge in [0, 0.05) is 49.1 Å². The Bertz CT molecular complexity index is 758. The fourth-order valence-electron chi connectivity index (χ4n) is 2.53. The van der Waals surface area contributed by atoms with Crippen molar-refractivity contribution in [2.24, 2.45) is 0 Å². The van der Waals surface area contributed by atoms with E-state index in [-0.39, 0.29) is 17.9 Å². The number of hydrogen-bond acceptors (Lipinski definition) is 3. The summed E-state index contributed by atoms with van der Waals surface area (Å²) in [6.07, 6.45) is 2.87. The molecule has 1 aromatic heterocycles. The molecule has 1 heterocycles. The smallest absolute Gasteiger partial charge is 0.253 e. The highest BCUT2D eigenvalue weighted by atomic mass is 16.2. The van der Waals surface area contributed by atoms with Crippen molar-refractivity contribution in [3.8, 4) is 0 Å². The van der Waals surface area contributed by atoms with Crippen molar-refractivity contribution in [1.29, 1.82) is 0 Å². The first-order valence-corrected chi connectivity index (χ1v) is 8.50. The van der Waals surface area contributed by atoms with Crippen LogP contribution < -0.4 is 5.32 Å². The summed E-state index contributed by atoms with van der Waals surface area (Å²) in [4.78, 5) is 30.4. The third-order valence-corrected chi connectivity index (χ3v) is 4.30. The van der Waals surface area contributed by atoms with Gasteiger partial charge in [0.2, 0.25) is 5.91 Å². The van der Waals surface area contributed by atoms with Gasteiger partial charge in [0.25, 0.3) is 5.91 Å². The number of pyridine rings is 1. The van der Waals surface area contributed by atoms with Crippen molar-refractivity contribution in [2.75, 3.05) is 12.4 Å². The Morgan fingerprint density at radius 3 is 2.68 bits per heavy atom. The van der Waals surface area contributed by atoms with Gasteiger partial charge in [0.15, 0.2) is 0 Å². The fraction of sp³-hybridized carbons (Fsp3) is 0.350. The first-order valence-electron chi connectivity index (χ1n) is 8.50. The summed E-state index contributed by atoms with van der Waals surface area (Å²) < 4.78 is 0. The summed E-state index contributed by atoms with van der Waals surface area (Å²) in [5, 5.41) is 2.78. The average Bonchev–Trinajstić information content (AvgIpc) is 2.62. The Hall–Kier alpha value is -2.69. The molecular weight excluding hydrogens is 314 g/mol. The normalized spacial score (nSPS) is 11.7. The maximum atomic E-state index is 12.8. The number of carbonyl (C=O) groups is 2. The van der Waals surface area contributed by atoms with E-state index in [2.05, 4.69) is 10.3 Å². The molecule has 1 unspecified atom stereocenters. The van der Waals surface area contributed by atoms with Crippen LogP contribution in [0.4, 0.5) is 5.69 Å². The number of benzene rings is 1. The molecule has 1 aromatic carbocycles. The summed E-state index contributed by atoms with van der Waals surface area (Å²) in [7, 11) is 1.79. The molecule has 0 aliphatic heterocycles.